The lowest BCUT2D eigenvalue weighted by Gasteiger charge is -2.10. The second-order valence-electron chi connectivity index (χ2n) is 3.74. The summed E-state index contributed by atoms with van der Waals surface area (Å²) in [7, 11) is 0. The van der Waals surface area contributed by atoms with Crippen LogP contribution in [0.25, 0.3) is 0 Å². The van der Waals surface area contributed by atoms with Gasteiger partial charge < -0.3 is 20.8 Å². The molecule has 0 radical (unpaired) electrons. The fourth-order valence-corrected chi connectivity index (χ4v) is 1.54. The summed E-state index contributed by atoms with van der Waals surface area (Å²) in [6.07, 6.45) is 0. The van der Waals surface area contributed by atoms with Gasteiger partial charge in [-0.3, -0.25) is 0 Å². The Morgan fingerprint density at radius 1 is 0.778 bits per heavy atom. The zero-order valence-electron chi connectivity index (χ0n) is 11.8. The molecule has 0 aliphatic rings. The maximum atomic E-state index is 9.65. The van der Waals surface area contributed by atoms with Crippen molar-refractivity contribution < 1.29 is 13.0 Å². The largest absolute Gasteiger partial charge is 0.506 e. The Bertz CT molecular complexity index is 529. The molecule has 0 saturated carbocycles. The van der Waals surface area contributed by atoms with Gasteiger partial charge in [0.15, 0.2) is 2.82 Å². The highest BCUT2D eigenvalue weighted by atomic mass is 16.3. The number of anilines is 2. The van der Waals surface area contributed by atoms with E-state index in [4.69, 9.17) is 2.82 Å². The fraction of sp³-hybridized carbons (Fsp3) is 0.143. The van der Waals surface area contributed by atoms with Crippen LogP contribution in [-0.4, -0.2) is 23.3 Å². The normalized spacial score (nSPS) is 11.6. The molecule has 4 heteroatoms. The second kappa shape index (κ2) is 5.82. The number of phenolic OH excluding ortho intramolecular Hbond substituents is 2. The van der Waals surface area contributed by atoms with Gasteiger partial charge in [0.2, 0.25) is 0 Å². The molecule has 0 unspecified atom stereocenters. The third-order valence-electron chi connectivity index (χ3n) is 2.43. The minimum atomic E-state index is 0.0292. The van der Waals surface area contributed by atoms with Crippen molar-refractivity contribution in [2.45, 2.75) is 0 Å². The molecule has 0 aromatic heterocycles. The molecule has 0 spiro atoms. The number of rotatable bonds is 5. The van der Waals surface area contributed by atoms with Crippen LogP contribution >= 0.6 is 0 Å². The zero-order chi connectivity index (χ0) is 14.5. The number of hydrogen-bond acceptors (Lipinski definition) is 4. The third kappa shape index (κ3) is 3.07. The van der Waals surface area contributed by atoms with Crippen molar-refractivity contribution in [3.63, 3.8) is 0 Å². The maximum absolute atomic E-state index is 9.65. The van der Waals surface area contributed by atoms with E-state index in [0.29, 0.717) is 11.4 Å². The summed E-state index contributed by atoms with van der Waals surface area (Å²) in [5.74, 6) is 0.0585. The summed E-state index contributed by atoms with van der Waals surface area (Å²) in [5, 5.41) is 21.5. The van der Waals surface area contributed by atoms with E-state index in [-0.39, 0.29) is 24.6 Å². The smallest absolute Gasteiger partial charge is 0.160 e. The lowest BCUT2D eigenvalue weighted by atomic mass is 10.3. The zero-order valence-corrected chi connectivity index (χ0v) is 9.82. The molecule has 0 aliphatic carbocycles. The maximum Gasteiger partial charge on any atom is 0.160 e. The van der Waals surface area contributed by atoms with E-state index in [1.807, 2.05) is 0 Å². The van der Waals surface area contributed by atoms with Gasteiger partial charge in [0, 0.05) is 13.1 Å². The molecule has 0 amide bonds. The van der Waals surface area contributed by atoms with E-state index < -0.39 is 0 Å². The van der Waals surface area contributed by atoms with E-state index in [0.717, 1.165) is 10.6 Å². The van der Waals surface area contributed by atoms with Crippen LogP contribution in [0, 0.1) is 0 Å². The highest BCUT2D eigenvalue weighted by molar-refractivity contribution is 5.57. The van der Waals surface area contributed by atoms with Gasteiger partial charge in [0.1, 0.15) is 11.5 Å². The number of nitrogens with one attached hydrogen (secondary N) is 2. The molecular formula is C14H16N2O2. The molecule has 2 aromatic carbocycles. The van der Waals surface area contributed by atoms with Gasteiger partial charge in [-0.2, -0.15) is 0 Å². The van der Waals surface area contributed by atoms with Crippen molar-refractivity contribution in [2.75, 3.05) is 23.7 Å². The van der Waals surface area contributed by atoms with Crippen molar-refractivity contribution >= 4 is 11.4 Å². The van der Waals surface area contributed by atoms with Gasteiger partial charge in [0.25, 0.3) is 0 Å². The van der Waals surface area contributed by atoms with Crippen molar-refractivity contribution in [3.05, 3.63) is 48.5 Å². The van der Waals surface area contributed by atoms with Crippen LogP contribution in [0.2, 0.25) is 2.82 Å². The van der Waals surface area contributed by atoms with E-state index in [1.54, 1.807) is 36.4 Å². The standard InChI is InChI=1S/C14H16N2O2/c17-13-7-3-1-5-11(13)15-9-10-16-12-6-2-4-8-14(12)18/h1-8,15-18H,9-10H2/i/hD2. The van der Waals surface area contributed by atoms with Crippen molar-refractivity contribution in [1.29, 1.82) is 0 Å². The molecule has 94 valence electrons. The number of hydrogen-bond donors (Lipinski definition) is 4. The first-order valence-electron chi connectivity index (χ1n) is 6.58. The Hall–Kier alpha value is -2.36. The monoisotopic (exact) mass is 246 g/mol. The Kier molecular flexibility index (Phi) is 3.12. The van der Waals surface area contributed by atoms with Crippen molar-refractivity contribution in [2.24, 2.45) is 0 Å². The molecule has 0 aliphatic heterocycles. The molecule has 0 saturated heterocycles. The van der Waals surface area contributed by atoms with E-state index in [2.05, 4.69) is 0 Å². The van der Waals surface area contributed by atoms with Crippen LogP contribution in [0.15, 0.2) is 48.5 Å². The predicted molar refractivity (Wildman–Crippen MR) is 73.2 cm³/mol. The lowest BCUT2D eigenvalue weighted by molar-refractivity contribution is 0.476. The first-order valence-corrected chi connectivity index (χ1v) is 5.68. The number of phenols is 2. The molecule has 2 rings (SSSR count). The molecule has 4 N–H and O–H groups in total. The molecule has 0 bridgehead atoms. The minimum Gasteiger partial charge on any atom is -0.506 e. The molecule has 2 aromatic rings. The van der Waals surface area contributed by atoms with Gasteiger partial charge in [-0.25, -0.2) is 0 Å². The van der Waals surface area contributed by atoms with Gasteiger partial charge in [-0.1, -0.05) is 24.3 Å². The second-order valence-corrected chi connectivity index (χ2v) is 3.74. The van der Waals surface area contributed by atoms with Crippen LogP contribution in [0.4, 0.5) is 11.4 Å². The Labute approximate surface area is 109 Å². The Balaban J connectivity index is 1.99. The van der Waals surface area contributed by atoms with Crippen LogP contribution < -0.4 is 10.6 Å². The number of para-hydroxylation sites is 4. The summed E-state index contributed by atoms with van der Waals surface area (Å²) < 4.78 is 15.7. The predicted octanol–water partition coefficient (Wildman–Crippen LogP) is 2.62. The van der Waals surface area contributed by atoms with E-state index in [1.165, 1.54) is 12.1 Å². The lowest BCUT2D eigenvalue weighted by Crippen LogP contribution is -2.13. The quantitative estimate of drug-likeness (QED) is 0.612. The summed E-state index contributed by atoms with van der Waals surface area (Å²) in [5.41, 5.74) is 0.774. The summed E-state index contributed by atoms with van der Waals surface area (Å²) in [6.45, 7) is 0.435. The summed E-state index contributed by atoms with van der Waals surface area (Å²) in [6, 6.07) is 13.1. The molecule has 4 nitrogen and oxygen atoms in total. The minimum absolute atomic E-state index is 0.0292. The molecule has 18 heavy (non-hydrogen) atoms. The average Bonchev–Trinajstić information content (AvgIpc) is 2.45. The number of benzene rings is 2. The van der Waals surface area contributed by atoms with Crippen LogP contribution in [0.3, 0.4) is 0 Å². The third-order valence-corrected chi connectivity index (χ3v) is 2.43. The summed E-state index contributed by atoms with van der Waals surface area (Å²) >= 11 is 0. The van der Waals surface area contributed by atoms with E-state index in [9.17, 15) is 10.2 Å². The first-order chi connectivity index (χ1) is 9.59. The van der Waals surface area contributed by atoms with Gasteiger partial charge in [-0.05, 0) is 24.3 Å². The highest BCUT2D eigenvalue weighted by Gasteiger charge is 1.99. The Morgan fingerprint density at radius 2 is 1.17 bits per heavy atom. The average molecular weight is 246 g/mol. The summed E-state index contributed by atoms with van der Waals surface area (Å²) in [4.78, 5) is 0. The van der Waals surface area contributed by atoms with Crippen LogP contribution in [0.5, 0.6) is 11.5 Å². The molecule has 0 heterocycles. The fourth-order valence-electron chi connectivity index (χ4n) is 1.54. The van der Waals surface area contributed by atoms with Crippen LogP contribution in [0.1, 0.15) is 0 Å². The Morgan fingerprint density at radius 3 is 1.56 bits per heavy atom. The highest BCUT2D eigenvalue weighted by Crippen LogP contribution is 2.22. The topological polar surface area (TPSA) is 64.5 Å². The molecule has 0 atom stereocenters. The molecule has 0 fully saturated rings. The van der Waals surface area contributed by atoms with Gasteiger partial charge in [0.05, 0.1) is 11.4 Å². The molecular weight excluding hydrogens is 228 g/mol. The first kappa shape index (κ1) is 9.65. The van der Waals surface area contributed by atoms with Crippen molar-refractivity contribution in [3.8, 4) is 11.5 Å². The van der Waals surface area contributed by atoms with Crippen molar-refractivity contribution in [1.82, 2.24) is 0 Å². The SMILES string of the molecule is [2H]N(CCN([2H])c1ccccc1O)c1ccccc1O. The van der Waals surface area contributed by atoms with Gasteiger partial charge >= 0.3 is 0 Å². The number of aromatic hydroxyl groups is 2. The van der Waals surface area contributed by atoms with E-state index >= 15 is 0 Å². The van der Waals surface area contributed by atoms with Gasteiger partial charge in [-0.15, -0.1) is 0 Å². The van der Waals surface area contributed by atoms with Crippen LogP contribution in [-0.2, 0) is 0 Å².